The SMILES string of the molecule is CC1(CCCC(=O)O)CC(O)CC2C1CCC1(C)C(=O)CCC21. The summed E-state index contributed by atoms with van der Waals surface area (Å²) in [7, 11) is 0. The molecule has 0 heterocycles. The van der Waals surface area contributed by atoms with Crippen molar-refractivity contribution in [2.24, 2.45) is 28.6 Å². The maximum atomic E-state index is 12.4. The lowest BCUT2D eigenvalue weighted by molar-refractivity contribution is -0.140. The molecule has 0 aliphatic heterocycles. The second-order valence-corrected chi connectivity index (χ2v) is 8.79. The molecule has 2 N–H and O–H groups in total. The Hall–Kier alpha value is -0.900. The van der Waals surface area contributed by atoms with E-state index in [9.17, 15) is 14.7 Å². The molecule has 0 amide bonds. The van der Waals surface area contributed by atoms with Crippen molar-refractivity contribution in [1.29, 1.82) is 0 Å². The number of aliphatic hydroxyl groups excluding tert-OH is 1. The number of hydrogen-bond acceptors (Lipinski definition) is 3. The van der Waals surface area contributed by atoms with Crippen molar-refractivity contribution in [2.45, 2.75) is 77.7 Å². The van der Waals surface area contributed by atoms with Crippen molar-refractivity contribution in [3.05, 3.63) is 0 Å². The molecule has 3 saturated carbocycles. The van der Waals surface area contributed by atoms with Gasteiger partial charge in [0, 0.05) is 18.3 Å². The zero-order valence-corrected chi connectivity index (χ0v) is 14.4. The van der Waals surface area contributed by atoms with E-state index in [1.54, 1.807) is 0 Å². The number of carboxylic acid groups (broad SMARTS) is 1. The fourth-order valence-corrected chi connectivity index (χ4v) is 6.27. The van der Waals surface area contributed by atoms with Crippen LogP contribution in [0.25, 0.3) is 0 Å². The molecule has 23 heavy (non-hydrogen) atoms. The Morgan fingerprint density at radius 1 is 1.26 bits per heavy atom. The monoisotopic (exact) mass is 322 g/mol. The molecule has 0 aromatic carbocycles. The van der Waals surface area contributed by atoms with Gasteiger partial charge in [0.1, 0.15) is 5.78 Å². The largest absolute Gasteiger partial charge is 0.481 e. The number of hydrogen-bond donors (Lipinski definition) is 2. The van der Waals surface area contributed by atoms with Crippen LogP contribution in [0, 0.1) is 28.6 Å². The molecule has 0 aromatic heterocycles. The van der Waals surface area contributed by atoms with Gasteiger partial charge in [0.05, 0.1) is 6.10 Å². The summed E-state index contributed by atoms with van der Waals surface area (Å²) in [6, 6.07) is 0. The number of carbonyl (C=O) groups excluding carboxylic acids is 1. The standard InChI is InChI=1S/C19H30O4/c1-18(8-3-4-17(22)23)11-12(20)10-13-14(18)7-9-19(2)15(13)5-6-16(19)21/h12-15,20H,3-11H2,1-2H3,(H,22,23). The number of aliphatic carboxylic acids is 1. The van der Waals surface area contributed by atoms with E-state index >= 15 is 0 Å². The van der Waals surface area contributed by atoms with Gasteiger partial charge in [-0.3, -0.25) is 9.59 Å². The van der Waals surface area contributed by atoms with E-state index in [0.29, 0.717) is 36.4 Å². The van der Waals surface area contributed by atoms with Crippen LogP contribution in [-0.4, -0.2) is 28.1 Å². The number of fused-ring (bicyclic) bond motifs is 3. The summed E-state index contributed by atoms with van der Waals surface area (Å²) in [6.07, 6.45) is 6.79. The van der Waals surface area contributed by atoms with Crippen LogP contribution in [0.15, 0.2) is 0 Å². The van der Waals surface area contributed by atoms with Crippen LogP contribution >= 0.6 is 0 Å². The summed E-state index contributed by atoms with van der Waals surface area (Å²) < 4.78 is 0. The van der Waals surface area contributed by atoms with Crippen molar-refractivity contribution in [1.82, 2.24) is 0 Å². The van der Waals surface area contributed by atoms with Crippen LogP contribution < -0.4 is 0 Å². The normalized spacial score (nSPS) is 46.3. The minimum absolute atomic E-state index is 0.0186. The third-order valence-electron chi connectivity index (χ3n) is 7.43. The van der Waals surface area contributed by atoms with E-state index in [1.165, 1.54) is 0 Å². The highest BCUT2D eigenvalue weighted by Crippen LogP contribution is 2.62. The van der Waals surface area contributed by atoms with E-state index in [2.05, 4.69) is 13.8 Å². The smallest absolute Gasteiger partial charge is 0.303 e. The van der Waals surface area contributed by atoms with Gasteiger partial charge in [-0.15, -0.1) is 0 Å². The Morgan fingerprint density at radius 3 is 2.70 bits per heavy atom. The van der Waals surface area contributed by atoms with Gasteiger partial charge in [0.15, 0.2) is 0 Å². The Morgan fingerprint density at radius 2 is 2.00 bits per heavy atom. The van der Waals surface area contributed by atoms with Gasteiger partial charge in [-0.05, 0) is 68.1 Å². The van der Waals surface area contributed by atoms with Crippen molar-refractivity contribution < 1.29 is 19.8 Å². The molecule has 3 aliphatic carbocycles. The Labute approximate surface area is 138 Å². The van der Waals surface area contributed by atoms with Gasteiger partial charge < -0.3 is 10.2 Å². The molecule has 6 unspecified atom stereocenters. The van der Waals surface area contributed by atoms with Gasteiger partial charge in [-0.25, -0.2) is 0 Å². The molecule has 0 saturated heterocycles. The van der Waals surface area contributed by atoms with Crippen molar-refractivity contribution in [3.8, 4) is 0 Å². The molecule has 4 heteroatoms. The minimum Gasteiger partial charge on any atom is -0.481 e. The van der Waals surface area contributed by atoms with Gasteiger partial charge in [-0.2, -0.15) is 0 Å². The number of carbonyl (C=O) groups is 2. The summed E-state index contributed by atoms with van der Waals surface area (Å²) in [5.74, 6) is 1.07. The number of aliphatic hydroxyl groups is 1. The molecule has 0 aromatic rings. The zero-order chi connectivity index (χ0) is 16.8. The first kappa shape index (κ1) is 16.9. The van der Waals surface area contributed by atoms with Crippen LogP contribution in [0.2, 0.25) is 0 Å². The number of rotatable bonds is 4. The second kappa shape index (κ2) is 5.87. The quantitative estimate of drug-likeness (QED) is 0.831. The molecule has 130 valence electrons. The molecular weight excluding hydrogens is 292 g/mol. The minimum atomic E-state index is -0.737. The molecular formula is C19H30O4. The highest BCUT2D eigenvalue weighted by Gasteiger charge is 2.58. The second-order valence-electron chi connectivity index (χ2n) is 8.79. The van der Waals surface area contributed by atoms with E-state index in [1.807, 2.05) is 0 Å². The highest BCUT2D eigenvalue weighted by atomic mass is 16.4. The van der Waals surface area contributed by atoms with E-state index in [4.69, 9.17) is 5.11 Å². The van der Waals surface area contributed by atoms with E-state index in [0.717, 1.165) is 38.5 Å². The summed E-state index contributed by atoms with van der Waals surface area (Å²) in [5.41, 5.74) is -0.148. The van der Waals surface area contributed by atoms with Crippen molar-refractivity contribution in [3.63, 3.8) is 0 Å². The Bertz CT molecular complexity index is 502. The fraction of sp³-hybridized carbons (Fsp3) is 0.895. The van der Waals surface area contributed by atoms with E-state index in [-0.39, 0.29) is 23.4 Å². The van der Waals surface area contributed by atoms with Crippen LogP contribution in [0.1, 0.15) is 71.6 Å². The lowest BCUT2D eigenvalue weighted by atomic mass is 9.49. The highest BCUT2D eigenvalue weighted by molar-refractivity contribution is 5.87. The average Bonchev–Trinajstić information content (AvgIpc) is 2.74. The summed E-state index contributed by atoms with van der Waals surface area (Å²) in [6.45, 7) is 4.39. The summed E-state index contributed by atoms with van der Waals surface area (Å²) in [4.78, 5) is 23.2. The predicted molar refractivity (Wildman–Crippen MR) is 86.9 cm³/mol. The van der Waals surface area contributed by atoms with Gasteiger partial charge in [0.25, 0.3) is 0 Å². The predicted octanol–water partition coefficient (Wildman–Crippen LogP) is 3.41. The van der Waals surface area contributed by atoms with Crippen molar-refractivity contribution in [2.75, 3.05) is 0 Å². The molecule has 0 radical (unpaired) electrons. The maximum absolute atomic E-state index is 12.4. The first-order chi connectivity index (χ1) is 10.8. The number of carboxylic acids is 1. The lowest BCUT2D eigenvalue weighted by Crippen LogP contribution is -2.51. The maximum Gasteiger partial charge on any atom is 0.303 e. The summed E-state index contributed by atoms with van der Waals surface area (Å²) in [5, 5.41) is 19.4. The third kappa shape index (κ3) is 2.84. The van der Waals surface area contributed by atoms with Gasteiger partial charge >= 0.3 is 5.97 Å². The molecule has 6 atom stereocenters. The molecule has 3 aliphatic rings. The average molecular weight is 322 g/mol. The third-order valence-corrected chi connectivity index (χ3v) is 7.43. The fourth-order valence-electron chi connectivity index (χ4n) is 6.27. The van der Waals surface area contributed by atoms with Gasteiger partial charge in [0.2, 0.25) is 0 Å². The van der Waals surface area contributed by atoms with Crippen LogP contribution in [0.5, 0.6) is 0 Å². The first-order valence-corrected chi connectivity index (χ1v) is 9.19. The molecule has 4 nitrogen and oxygen atoms in total. The van der Waals surface area contributed by atoms with Crippen LogP contribution in [-0.2, 0) is 9.59 Å². The number of Topliss-reactive ketones (excluding diaryl/α,β-unsaturated/α-hetero) is 1. The molecule has 3 fully saturated rings. The molecule has 3 rings (SSSR count). The summed E-state index contributed by atoms with van der Waals surface area (Å²) >= 11 is 0. The van der Waals surface area contributed by atoms with Crippen LogP contribution in [0.3, 0.4) is 0 Å². The molecule has 0 bridgehead atoms. The Kier molecular flexibility index (Phi) is 4.33. The number of ketones is 1. The van der Waals surface area contributed by atoms with E-state index < -0.39 is 5.97 Å². The van der Waals surface area contributed by atoms with Crippen LogP contribution in [0.4, 0.5) is 0 Å². The molecule has 0 spiro atoms. The van der Waals surface area contributed by atoms with Gasteiger partial charge in [-0.1, -0.05) is 13.8 Å². The first-order valence-electron chi connectivity index (χ1n) is 9.19. The Balaban J connectivity index is 1.79. The zero-order valence-electron chi connectivity index (χ0n) is 14.4. The lowest BCUT2D eigenvalue weighted by Gasteiger charge is -2.56. The topological polar surface area (TPSA) is 74.6 Å². The van der Waals surface area contributed by atoms with Crippen molar-refractivity contribution >= 4 is 11.8 Å².